The van der Waals surface area contributed by atoms with E-state index in [0.717, 1.165) is 11.4 Å². The Morgan fingerprint density at radius 2 is 0.778 bits per heavy atom. The van der Waals surface area contributed by atoms with Gasteiger partial charge < -0.3 is 9.13 Å². The highest BCUT2D eigenvalue weighted by molar-refractivity contribution is 7.20. The lowest BCUT2D eigenvalue weighted by atomic mass is 9.99. The highest BCUT2D eigenvalue weighted by Gasteiger charge is 2.43. The first-order chi connectivity index (χ1) is 31.3. The molecule has 0 saturated carbocycles. The maximum atomic E-state index is 2.50. The van der Waals surface area contributed by atoms with E-state index in [4.69, 9.17) is 0 Å². The van der Waals surface area contributed by atoms with Gasteiger partial charge in [0.2, 0.25) is 0 Å². The van der Waals surface area contributed by atoms with Gasteiger partial charge in [-0.2, -0.15) is 0 Å². The maximum absolute atomic E-state index is 2.95. The fourth-order valence-electron chi connectivity index (χ4n) is 10.5. The largest absolute Gasteiger partial charge is 0.309 e. The Labute approximate surface area is 368 Å². The molecular formula is C60H42N2Si. The van der Waals surface area contributed by atoms with Crippen LogP contribution in [-0.4, -0.2) is 17.2 Å². The average Bonchev–Trinajstić information content (AvgIpc) is 3.88. The van der Waals surface area contributed by atoms with E-state index in [1.165, 1.54) is 86.6 Å². The highest BCUT2D eigenvalue weighted by Crippen LogP contribution is 2.41. The third-order valence-corrected chi connectivity index (χ3v) is 17.9. The zero-order chi connectivity index (χ0) is 41.7. The number of aromatic nitrogens is 2. The van der Waals surface area contributed by atoms with Gasteiger partial charge in [0.25, 0.3) is 0 Å². The summed E-state index contributed by atoms with van der Waals surface area (Å²) in [5.74, 6) is 0. The minimum atomic E-state index is -2.95. The van der Waals surface area contributed by atoms with Gasteiger partial charge in [-0.05, 0) is 73.8 Å². The van der Waals surface area contributed by atoms with Crippen LogP contribution in [0.3, 0.4) is 0 Å². The summed E-state index contributed by atoms with van der Waals surface area (Å²) in [5.41, 5.74) is 11.9. The molecule has 0 unspecified atom stereocenters. The molecule has 12 rings (SSSR count). The molecule has 0 N–H and O–H groups in total. The monoisotopic (exact) mass is 818 g/mol. The first-order valence-electron chi connectivity index (χ1n) is 21.8. The molecule has 3 heteroatoms. The lowest BCUT2D eigenvalue weighted by molar-refractivity contribution is 1.16. The minimum absolute atomic E-state index is 1.12. The second-order valence-electron chi connectivity index (χ2n) is 16.4. The number of hydrogen-bond acceptors (Lipinski definition) is 0. The van der Waals surface area contributed by atoms with Gasteiger partial charge in [-0.25, -0.2) is 0 Å². The van der Waals surface area contributed by atoms with Crippen LogP contribution in [0.1, 0.15) is 0 Å². The molecule has 0 aliphatic rings. The second-order valence-corrected chi connectivity index (χ2v) is 20.2. The smallest absolute Gasteiger partial charge is 0.180 e. The Morgan fingerprint density at radius 3 is 1.40 bits per heavy atom. The normalized spacial score (nSPS) is 11.8. The van der Waals surface area contributed by atoms with Gasteiger partial charge in [-0.3, -0.25) is 0 Å². The van der Waals surface area contributed by atoms with E-state index < -0.39 is 8.07 Å². The van der Waals surface area contributed by atoms with Crippen molar-refractivity contribution in [2.45, 2.75) is 0 Å². The van der Waals surface area contributed by atoms with E-state index in [0.29, 0.717) is 0 Å². The number of rotatable bonds is 8. The summed E-state index contributed by atoms with van der Waals surface area (Å²) in [6.07, 6.45) is 0. The molecule has 2 nitrogen and oxygen atoms in total. The molecular weight excluding hydrogens is 777 g/mol. The molecule has 0 atom stereocenters. The molecule has 0 spiro atoms. The molecule has 0 amide bonds. The lowest BCUT2D eigenvalue weighted by Gasteiger charge is -2.36. The quantitative estimate of drug-likeness (QED) is 0.107. The summed E-state index contributed by atoms with van der Waals surface area (Å²) < 4.78 is 4.97. The van der Waals surface area contributed by atoms with Crippen LogP contribution >= 0.6 is 0 Å². The van der Waals surface area contributed by atoms with Crippen molar-refractivity contribution in [1.29, 1.82) is 0 Å². The van der Waals surface area contributed by atoms with Crippen LogP contribution in [0.5, 0.6) is 0 Å². The van der Waals surface area contributed by atoms with Crippen LogP contribution in [0.25, 0.3) is 77.2 Å². The van der Waals surface area contributed by atoms with Gasteiger partial charge in [0.1, 0.15) is 0 Å². The molecule has 0 fully saturated rings. The average molecular weight is 819 g/mol. The van der Waals surface area contributed by atoms with Crippen molar-refractivity contribution < 1.29 is 0 Å². The van der Waals surface area contributed by atoms with Gasteiger partial charge in [-0.1, -0.05) is 218 Å². The lowest BCUT2D eigenvalue weighted by Crippen LogP contribution is -2.75. The van der Waals surface area contributed by atoms with Crippen molar-refractivity contribution in [1.82, 2.24) is 9.13 Å². The van der Waals surface area contributed by atoms with E-state index in [-0.39, 0.29) is 0 Å². The zero-order valence-electron chi connectivity index (χ0n) is 34.6. The third kappa shape index (κ3) is 5.78. The van der Waals surface area contributed by atoms with Crippen molar-refractivity contribution in [2.75, 3.05) is 0 Å². The summed E-state index contributed by atoms with van der Waals surface area (Å²) in [6.45, 7) is 0. The number of fused-ring (bicyclic) bond motifs is 6. The summed E-state index contributed by atoms with van der Waals surface area (Å²) in [4.78, 5) is 0. The predicted octanol–water partition coefficient (Wildman–Crippen LogP) is 12.6. The number of hydrogen-bond donors (Lipinski definition) is 0. The Morgan fingerprint density at radius 1 is 0.302 bits per heavy atom. The molecule has 296 valence electrons. The highest BCUT2D eigenvalue weighted by atomic mass is 28.3. The van der Waals surface area contributed by atoms with Crippen molar-refractivity contribution in [2.24, 2.45) is 0 Å². The molecule has 63 heavy (non-hydrogen) atoms. The fraction of sp³-hybridized carbons (Fsp3) is 0. The minimum Gasteiger partial charge on any atom is -0.309 e. The molecule has 12 aromatic rings. The molecule has 10 aromatic carbocycles. The molecule has 0 bridgehead atoms. The van der Waals surface area contributed by atoms with Gasteiger partial charge in [0.05, 0.1) is 27.8 Å². The van der Waals surface area contributed by atoms with E-state index in [9.17, 15) is 0 Å². The Kier molecular flexibility index (Phi) is 8.87. The van der Waals surface area contributed by atoms with Gasteiger partial charge in [-0.15, -0.1) is 0 Å². The van der Waals surface area contributed by atoms with Crippen LogP contribution in [0.15, 0.2) is 255 Å². The van der Waals surface area contributed by atoms with Crippen molar-refractivity contribution in [3.8, 4) is 33.6 Å². The van der Waals surface area contributed by atoms with E-state index in [1.54, 1.807) is 0 Å². The summed E-state index contributed by atoms with van der Waals surface area (Å²) >= 11 is 0. The van der Waals surface area contributed by atoms with E-state index in [2.05, 4.69) is 264 Å². The van der Waals surface area contributed by atoms with Gasteiger partial charge in [0, 0.05) is 32.8 Å². The first kappa shape index (κ1) is 36.8. The molecule has 0 aliphatic heterocycles. The van der Waals surface area contributed by atoms with Crippen LogP contribution in [-0.2, 0) is 0 Å². The predicted molar refractivity (Wildman–Crippen MR) is 270 cm³/mol. The molecule has 0 radical (unpaired) electrons. The second kappa shape index (κ2) is 15.2. The third-order valence-electron chi connectivity index (χ3n) is 13.1. The van der Waals surface area contributed by atoms with Crippen LogP contribution in [0.2, 0.25) is 0 Å². The first-order valence-corrected chi connectivity index (χ1v) is 23.8. The van der Waals surface area contributed by atoms with Crippen molar-refractivity contribution >= 4 is 72.4 Å². The fourth-order valence-corrected chi connectivity index (χ4v) is 15.5. The SMILES string of the molecule is c1ccc(-c2ccccc2-n2c3ccccc3c3ccc(-n4c5ccccc5c5c(-c6ccccc6)c([Si](c6ccccc6)(c6ccccc6)c6ccccc6)ccc54)cc32)cc1. The number of para-hydroxylation sites is 3. The maximum Gasteiger partial charge on any atom is 0.180 e. The van der Waals surface area contributed by atoms with Crippen LogP contribution in [0.4, 0.5) is 0 Å². The standard InChI is InChI=1S/C60H42N2Si/c1-6-22-43(23-7-1)49-32-16-19-35-53(49)62-54-36-20-17-33-50(54)51-39-38-45(42-57(51)62)61-55-37-21-18-34-52(55)60-56(61)40-41-58(59(60)44-24-8-2-9-25-44)63(46-26-10-3-11-27-46,47-28-12-4-13-29-47)48-30-14-5-15-31-48/h1-42H. The number of benzene rings is 10. The topological polar surface area (TPSA) is 9.86 Å². The Balaban J connectivity index is 1.20. The van der Waals surface area contributed by atoms with Crippen molar-refractivity contribution in [3.63, 3.8) is 0 Å². The van der Waals surface area contributed by atoms with Gasteiger partial charge in [0.15, 0.2) is 8.07 Å². The van der Waals surface area contributed by atoms with E-state index in [1.807, 2.05) is 0 Å². The Bertz CT molecular complexity index is 3500. The van der Waals surface area contributed by atoms with Gasteiger partial charge >= 0.3 is 0 Å². The number of nitrogens with zero attached hydrogens (tertiary/aromatic N) is 2. The Hall–Kier alpha value is -7.98. The molecule has 0 aliphatic carbocycles. The zero-order valence-corrected chi connectivity index (χ0v) is 35.6. The summed E-state index contributed by atoms with van der Waals surface area (Å²) in [7, 11) is -2.95. The summed E-state index contributed by atoms with van der Waals surface area (Å²) in [5, 5.41) is 10.4. The van der Waals surface area contributed by atoms with Crippen LogP contribution in [0, 0.1) is 0 Å². The van der Waals surface area contributed by atoms with Crippen molar-refractivity contribution in [3.05, 3.63) is 255 Å². The molecule has 0 saturated heterocycles. The molecule has 2 aromatic heterocycles. The molecule has 2 heterocycles. The van der Waals surface area contributed by atoms with Crippen LogP contribution < -0.4 is 20.7 Å². The summed E-state index contributed by atoms with van der Waals surface area (Å²) in [6, 6.07) is 94.3. The van der Waals surface area contributed by atoms with E-state index >= 15 is 0 Å².